The van der Waals surface area contributed by atoms with Gasteiger partial charge in [-0.1, -0.05) is 0 Å². The first kappa shape index (κ1) is 15.1. The Kier molecular flexibility index (Phi) is 4.82. The molecule has 2 unspecified atom stereocenters. The van der Waals surface area contributed by atoms with E-state index in [1.807, 2.05) is 14.7 Å². The molecule has 0 saturated carbocycles. The zero-order valence-electron chi connectivity index (χ0n) is 12.0. The smallest absolute Gasteiger partial charge is 0.320 e. The summed E-state index contributed by atoms with van der Waals surface area (Å²) >= 11 is 0. The van der Waals surface area contributed by atoms with Crippen LogP contribution in [0.5, 0.6) is 0 Å². The molecule has 0 aromatic carbocycles. The molecule has 20 heavy (non-hydrogen) atoms. The van der Waals surface area contributed by atoms with E-state index < -0.39 is 12.0 Å². The lowest BCUT2D eigenvalue weighted by molar-refractivity contribution is -0.143. The van der Waals surface area contributed by atoms with Crippen LogP contribution in [-0.2, 0) is 4.79 Å². The van der Waals surface area contributed by atoms with E-state index in [-0.39, 0.29) is 12.1 Å². The summed E-state index contributed by atoms with van der Waals surface area (Å²) < 4.78 is 0. The summed E-state index contributed by atoms with van der Waals surface area (Å²) in [5.74, 6) is -0.813. The summed E-state index contributed by atoms with van der Waals surface area (Å²) in [7, 11) is 0. The van der Waals surface area contributed by atoms with Gasteiger partial charge in [-0.05, 0) is 19.8 Å². The topological polar surface area (TPSA) is 90.1 Å². The van der Waals surface area contributed by atoms with Crippen molar-refractivity contribution in [2.24, 2.45) is 5.73 Å². The summed E-state index contributed by atoms with van der Waals surface area (Å²) in [6, 6.07) is -0.362. The highest BCUT2D eigenvalue weighted by molar-refractivity contribution is 5.75. The number of hydrogen-bond acceptors (Lipinski definition) is 4. The molecule has 2 aliphatic heterocycles. The Morgan fingerprint density at radius 2 is 1.80 bits per heavy atom. The van der Waals surface area contributed by atoms with E-state index in [1.165, 1.54) is 0 Å². The minimum Gasteiger partial charge on any atom is -0.480 e. The molecule has 2 atom stereocenters. The van der Waals surface area contributed by atoms with Crippen LogP contribution in [0, 0.1) is 0 Å². The molecule has 0 aliphatic carbocycles. The van der Waals surface area contributed by atoms with Crippen molar-refractivity contribution in [3.63, 3.8) is 0 Å². The molecular weight excluding hydrogens is 260 g/mol. The van der Waals surface area contributed by atoms with Crippen LogP contribution in [0.3, 0.4) is 0 Å². The number of carboxylic acid groups (broad SMARTS) is 1. The van der Waals surface area contributed by atoms with Gasteiger partial charge < -0.3 is 20.6 Å². The van der Waals surface area contributed by atoms with Crippen molar-refractivity contribution < 1.29 is 14.7 Å². The van der Waals surface area contributed by atoms with Crippen molar-refractivity contribution in [2.45, 2.75) is 31.8 Å². The third-order valence-corrected chi connectivity index (χ3v) is 4.22. The first-order valence-corrected chi connectivity index (χ1v) is 7.25. The predicted molar refractivity (Wildman–Crippen MR) is 74.4 cm³/mol. The maximum Gasteiger partial charge on any atom is 0.320 e. The van der Waals surface area contributed by atoms with E-state index in [0.29, 0.717) is 32.7 Å². The molecule has 7 nitrogen and oxygen atoms in total. The number of nitrogens with zero attached hydrogens (tertiary/aromatic N) is 3. The molecule has 0 spiro atoms. The molecule has 7 heteroatoms. The average Bonchev–Trinajstić information content (AvgIpc) is 2.46. The SMILES string of the molecule is CC(C(=O)O)N1CCN(C(=O)N2CCCC(N)C2)CC1. The van der Waals surface area contributed by atoms with E-state index in [9.17, 15) is 9.59 Å². The Morgan fingerprint density at radius 1 is 1.15 bits per heavy atom. The highest BCUT2D eigenvalue weighted by Gasteiger charge is 2.30. The minimum absolute atomic E-state index is 0.0442. The van der Waals surface area contributed by atoms with Crippen molar-refractivity contribution in [3.05, 3.63) is 0 Å². The maximum absolute atomic E-state index is 12.4. The second-order valence-corrected chi connectivity index (χ2v) is 5.67. The van der Waals surface area contributed by atoms with E-state index in [1.54, 1.807) is 6.92 Å². The molecule has 114 valence electrons. The van der Waals surface area contributed by atoms with E-state index in [4.69, 9.17) is 10.8 Å². The number of amides is 2. The van der Waals surface area contributed by atoms with Gasteiger partial charge >= 0.3 is 12.0 Å². The van der Waals surface area contributed by atoms with Crippen LogP contribution >= 0.6 is 0 Å². The van der Waals surface area contributed by atoms with Crippen LogP contribution in [0.15, 0.2) is 0 Å². The fourth-order valence-electron chi connectivity index (χ4n) is 2.84. The third kappa shape index (κ3) is 3.40. The van der Waals surface area contributed by atoms with Crippen molar-refractivity contribution in [3.8, 4) is 0 Å². The highest BCUT2D eigenvalue weighted by Crippen LogP contribution is 2.13. The molecule has 0 aromatic rings. The average molecular weight is 284 g/mol. The Bertz CT molecular complexity index is 369. The van der Waals surface area contributed by atoms with E-state index >= 15 is 0 Å². The summed E-state index contributed by atoms with van der Waals surface area (Å²) in [5.41, 5.74) is 5.90. The van der Waals surface area contributed by atoms with Crippen molar-refractivity contribution in [1.29, 1.82) is 0 Å². The second kappa shape index (κ2) is 6.41. The number of hydrogen-bond donors (Lipinski definition) is 2. The minimum atomic E-state index is -0.813. The molecule has 2 aliphatic rings. The molecule has 2 saturated heterocycles. The fraction of sp³-hybridized carbons (Fsp3) is 0.846. The Balaban J connectivity index is 1.84. The molecule has 2 rings (SSSR count). The first-order valence-electron chi connectivity index (χ1n) is 7.25. The van der Waals surface area contributed by atoms with E-state index in [2.05, 4.69) is 0 Å². The van der Waals surface area contributed by atoms with Gasteiger partial charge in [0, 0.05) is 45.3 Å². The molecule has 0 radical (unpaired) electrons. The zero-order valence-corrected chi connectivity index (χ0v) is 12.0. The molecule has 0 aromatic heterocycles. The summed E-state index contributed by atoms with van der Waals surface area (Å²) in [6.45, 7) is 5.48. The number of rotatable bonds is 2. The van der Waals surface area contributed by atoms with Crippen LogP contribution < -0.4 is 5.73 Å². The summed E-state index contributed by atoms with van der Waals surface area (Å²) in [6.07, 6.45) is 1.94. The lowest BCUT2D eigenvalue weighted by Crippen LogP contribution is -2.57. The molecule has 0 bridgehead atoms. The molecule has 2 heterocycles. The molecule has 3 N–H and O–H groups in total. The van der Waals surface area contributed by atoms with Crippen LogP contribution in [0.4, 0.5) is 4.79 Å². The fourth-order valence-corrected chi connectivity index (χ4v) is 2.84. The third-order valence-electron chi connectivity index (χ3n) is 4.22. The van der Waals surface area contributed by atoms with Gasteiger partial charge in [0.1, 0.15) is 6.04 Å². The van der Waals surface area contributed by atoms with Crippen LogP contribution in [-0.4, -0.2) is 83.2 Å². The van der Waals surface area contributed by atoms with Gasteiger partial charge in [0.05, 0.1) is 0 Å². The van der Waals surface area contributed by atoms with Gasteiger partial charge in [-0.15, -0.1) is 0 Å². The summed E-state index contributed by atoms with van der Waals surface area (Å²) in [4.78, 5) is 28.9. The standard InChI is InChI=1S/C13H24N4O3/c1-10(12(18)19)15-5-7-16(8-6-15)13(20)17-4-2-3-11(14)9-17/h10-11H,2-9,14H2,1H3,(H,18,19). The Morgan fingerprint density at radius 3 is 2.35 bits per heavy atom. The van der Waals surface area contributed by atoms with Crippen LogP contribution in [0.2, 0.25) is 0 Å². The van der Waals surface area contributed by atoms with Crippen LogP contribution in [0.1, 0.15) is 19.8 Å². The lowest BCUT2D eigenvalue weighted by atomic mass is 10.1. The number of piperidine rings is 1. The van der Waals surface area contributed by atoms with Gasteiger partial charge in [0.2, 0.25) is 0 Å². The first-order chi connectivity index (χ1) is 9.49. The molecule has 2 fully saturated rings. The van der Waals surface area contributed by atoms with Gasteiger partial charge in [0.15, 0.2) is 0 Å². The number of carboxylic acids is 1. The Labute approximate surface area is 119 Å². The second-order valence-electron chi connectivity index (χ2n) is 5.67. The van der Waals surface area contributed by atoms with Gasteiger partial charge in [-0.2, -0.15) is 0 Å². The largest absolute Gasteiger partial charge is 0.480 e. The number of piperazine rings is 1. The van der Waals surface area contributed by atoms with Crippen molar-refractivity contribution in [1.82, 2.24) is 14.7 Å². The number of urea groups is 1. The Hall–Kier alpha value is -1.34. The normalized spacial score (nSPS) is 26.4. The van der Waals surface area contributed by atoms with Crippen molar-refractivity contribution >= 4 is 12.0 Å². The maximum atomic E-state index is 12.4. The summed E-state index contributed by atoms with van der Waals surface area (Å²) in [5, 5.41) is 9.00. The molecule has 2 amide bonds. The van der Waals surface area contributed by atoms with E-state index in [0.717, 1.165) is 19.4 Å². The number of aliphatic carboxylic acids is 1. The number of likely N-dealkylation sites (tertiary alicyclic amines) is 1. The molecular formula is C13H24N4O3. The monoisotopic (exact) mass is 284 g/mol. The van der Waals surface area contributed by atoms with Gasteiger partial charge in [0.25, 0.3) is 0 Å². The van der Waals surface area contributed by atoms with Gasteiger partial charge in [-0.25, -0.2) is 4.79 Å². The quantitative estimate of drug-likeness (QED) is 0.721. The zero-order chi connectivity index (χ0) is 14.7. The van der Waals surface area contributed by atoms with Crippen LogP contribution in [0.25, 0.3) is 0 Å². The van der Waals surface area contributed by atoms with Crippen molar-refractivity contribution in [2.75, 3.05) is 39.3 Å². The number of carbonyl (C=O) groups excluding carboxylic acids is 1. The number of carbonyl (C=O) groups is 2. The number of nitrogens with two attached hydrogens (primary N) is 1. The van der Waals surface area contributed by atoms with Gasteiger partial charge in [-0.3, -0.25) is 9.69 Å². The predicted octanol–water partition coefficient (Wildman–Crippen LogP) is -0.380. The highest BCUT2D eigenvalue weighted by atomic mass is 16.4. The lowest BCUT2D eigenvalue weighted by Gasteiger charge is -2.40.